The van der Waals surface area contributed by atoms with Gasteiger partial charge in [0.15, 0.2) is 5.78 Å². The van der Waals surface area contributed by atoms with Crippen molar-refractivity contribution in [3.05, 3.63) is 22.5 Å². The Morgan fingerprint density at radius 1 is 1.17 bits per heavy atom. The molecule has 164 valence electrons. The maximum Gasteiger partial charge on any atom is 0.169 e. The molecule has 0 aromatic carbocycles. The number of nitrogens with zero attached hydrogens (tertiary/aromatic N) is 1. The smallest absolute Gasteiger partial charge is 0.169 e. The number of likely N-dealkylation sites (tertiary alicyclic amines) is 1. The number of aromatic nitrogens is 1. The highest BCUT2D eigenvalue weighted by Crippen LogP contribution is 2.59. The number of carbonyl (C=O) groups excluding carboxylic acids is 1. The van der Waals surface area contributed by atoms with Gasteiger partial charge in [-0.1, -0.05) is 6.92 Å². The topological polar surface area (TPSA) is 56.3 Å². The zero-order valence-corrected chi connectivity index (χ0v) is 18.8. The Bertz CT molecular complexity index is 843. The summed E-state index contributed by atoms with van der Waals surface area (Å²) in [5.41, 5.74) is 4.32. The maximum absolute atomic E-state index is 13.5. The van der Waals surface area contributed by atoms with E-state index >= 15 is 0 Å². The molecule has 6 aliphatic rings. The summed E-state index contributed by atoms with van der Waals surface area (Å²) >= 11 is 0. The van der Waals surface area contributed by atoms with E-state index in [-0.39, 0.29) is 11.5 Å². The van der Waals surface area contributed by atoms with E-state index in [1.165, 1.54) is 36.2 Å². The number of aromatic amines is 1. The Kier molecular flexibility index (Phi) is 4.52. The summed E-state index contributed by atoms with van der Waals surface area (Å²) < 4.78 is 0. The normalized spacial score (nSPS) is 42.4. The molecule has 1 saturated heterocycles. The number of fused-ring (bicyclic) bond motifs is 2. The largest absolute Gasteiger partial charge is 0.390 e. The van der Waals surface area contributed by atoms with Crippen molar-refractivity contribution in [3.63, 3.8) is 0 Å². The van der Waals surface area contributed by atoms with E-state index in [0.29, 0.717) is 17.6 Å². The first-order valence-corrected chi connectivity index (χ1v) is 12.6. The number of aliphatic hydroxyl groups is 1. The number of nitrogens with one attached hydrogen (secondary N) is 1. The molecule has 1 aromatic heterocycles. The minimum Gasteiger partial charge on any atom is -0.390 e. The number of Topliss-reactive ketones (excluding diaryl/α,β-unsaturated/α-hetero) is 1. The lowest BCUT2D eigenvalue weighted by Gasteiger charge is -2.59. The van der Waals surface area contributed by atoms with Gasteiger partial charge in [-0.05, 0) is 113 Å². The maximum atomic E-state index is 13.5. The first-order chi connectivity index (χ1) is 14.4. The van der Waals surface area contributed by atoms with Gasteiger partial charge in [0.2, 0.25) is 0 Å². The fourth-order valence-electron chi connectivity index (χ4n) is 8.82. The van der Waals surface area contributed by atoms with Gasteiger partial charge < -0.3 is 15.0 Å². The summed E-state index contributed by atoms with van der Waals surface area (Å²) in [7, 11) is 0. The van der Waals surface area contributed by atoms with Gasteiger partial charge in [0.25, 0.3) is 0 Å². The molecule has 0 radical (unpaired) electrons. The van der Waals surface area contributed by atoms with E-state index in [1.807, 2.05) is 0 Å². The fraction of sp³-hybridized carbons (Fsp3) is 0.808. The van der Waals surface area contributed by atoms with Gasteiger partial charge in [-0.3, -0.25) is 4.79 Å². The third-order valence-corrected chi connectivity index (χ3v) is 9.88. The standard InChI is InChI=1S/C26H38N2O2/c1-3-20-15(2)27-23-11-18-4-6-28(14-21(18)25(29)24(20)23)7-5-22-19-9-16-8-17(10-19)13-26(22,30)12-16/h16-19,21-22,27,30H,3-14H2,1-2H3. The van der Waals surface area contributed by atoms with Crippen LogP contribution < -0.4 is 0 Å². The Morgan fingerprint density at radius 3 is 2.63 bits per heavy atom. The average Bonchev–Trinajstić information content (AvgIpc) is 3.02. The lowest BCUT2D eigenvalue weighted by atomic mass is 9.49. The predicted octanol–water partition coefficient (Wildman–Crippen LogP) is 4.14. The van der Waals surface area contributed by atoms with Crippen molar-refractivity contribution in [2.75, 3.05) is 19.6 Å². The van der Waals surface area contributed by atoms with Gasteiger partial charge in [-0.2, -0.15) is 0 Å². The Balaban J connectivity index is 1.14. The molecular weight excluding hydrogens is 372 g/mol. The minimum atomic E-state index is -0.374. The van der Waals surface area contributed by atoms with Crippen molar-refractivity contribution in [2.24, 2.45) is 35.5 Å². The second-order valence-electron chi connectivity index (χ2n) is 11.6. The van der Waals surface area contributed by atoms with Crippen molar-refractivity contribution in [3.8, 4) is 0 Å². The van der Waals surface area contributed by atoms with Gasteiger partial charge in [0.05, 0.1) is 5.60 Å². The van der Waals surface area contributed by atoms with Crippen molar-refractivity contribution in [2.45, 2.75) is 77.2 Å². The molecule has 0 amide bonds. The van der Waals surface area contributed by atoms with Crippen molar-refractivity contribution in [1.29, 1.82) is 0 Å². The van der Waals surface area contributed by atoms with Gasteiger partial charge in [0.1, 0.15) is 0 Å². The first-order valence-electron chi connectivity index (χ1n) is 12.6. The summed E-state index contributed by atoms with van der Waals surface area (Å²) in [5.74, 6) is 3.93. The van der Waals surface area contributed by atoms with E-state index in [4.69, 9.17) is 0 Å². The molecule has 4 bridgehead atoms. The lowest BCUT2D eigenvalue weighted by Crippen LogP contribution is -2.58. The van der Waals surface area contributed by atoms with E-state index in [1.54, 1.807) is 0 Å². The van der Waals surface area contributed by atoms with E-state index < -0.39 is 0 Å². The molecule has 5 fully saturated rings. The van der Waals surface area contributed by atoms with Crippen LogP contribution in [0.5, 0.6) is 0 Å². The number of piperidine rings is 1. The zero-order chi connectivity index (χ0) is 20.6. The number of aryl methyl sites for hydroxylation is 1. The summed E-state index contributed by atoms with van der Waals surface area (Å²) in [5, 5.41) is 11.4. The molecule has 4 heteroatoms. The van der Waals surface area contributed by atoms with E-state index in [9.17, 15) is 9.90 Å². The van der Waals surface area contributed by atoms with Crippen LogP contribution in [0.2, 0.25) is 0 Å². The third-order valence-electron chi connectivity index (χ3n) is 9.88. The highest BCUT2D eigenvalue weighted by molar-refractivity contribution is 6.02. The molecule has 30 heavy (non-hydrogen) atoms. The average molecular weight is 411 g/mol. The van der Waals surface area contributed by atoms with Crippen LogP contribution in [-0.2, 0) is 12.8 Å². The molecule has 4 nitrogen and oxygen atoms in total. The third kappa shape index (κ3) is 2.89. The molecule has 2 heterocycles. The quantitative estimate of drug-likeness (QED) is 0.784. The second-order valence-corrected chi connectivity index (χ2v) is 11.6. The number of rotatable bonds is 4. The number of carbonyl (C=O) groups is 1. The summed E-state index contributed by atoms with van der Waals surface area (Å²) in [6, 6.07) is 0. The summed E-state index contributed by atoms with van der Waals surface area (Å²) in [4.78, 5) is 19.5. The van der Waals surface area contributed by atoms with E-state index in [2.05, 4.69) is 23.7 Å². The van der Waals surface area contributed by atoms with Crippen LogP contribution in [0.1, 0.15) is 79.2 Å². The molecule has 4 saturated carbocycles. The van der Waals surface area contributed by atoms with Gasteiger partial charge >= 0.3 is 0 Å². The molecule has 5 aliphatic carbocycles. The van der Waals surface area contributed by atoms with Gasteiger partial charge in [0, 0.05) is 29.4 Å². The number of H-pyrrole nitrogens is 1. The van der Waals surface area contributed by atoms with Crippen LogP contribution in [0, 0.1) is 42.4 Å². The Labute approximate surface area is 180 Å². The Hall–Kier alpha value is -1.13. The molecule has 0 spiro atoms. The molecule has 1 aromatic rings. The first kappa shape index (κ1) is 19.5. The molecule has 5 unspecified atom stereocenters. The Morgan fingerprint density at radius 2 is 1.93 bits per heavy atom. The zero-order valence-electron chi connectivity index (χ0n) is 18.8. The van der Waals surface area contributed by atoms with Gasteiger partial charge in [-0.25, -0.2) is 0 Å². The van der Waals surface area contributed by atoms with Crippen LogP contribution in [0.4, 0.5) is 0 Å². The van der Waals surface area contributed by atoms with Crippen molar-refractivity contribution in [1.82, 2.24) is 9.88 Å². The van der Waals surface area contributed by atoms with Crippen molar-refractivity contribution >= 4 is 5.78 Å². The highest BCUT2D eigenvalue weighted by atomic mass is 16.3. The number of hydrogen-bond donors (Lipinski definition) is 2. The molecule has 7 rings (SSSR count). The number of hydrogen-bond acceptors (Lipinski definition) is 3. The van der Waals surface area contributed by atoms with E-state index in [0.717, 1.165) is 81.5 Å². The van der Waals surface area contributed by atoms with Crippen molar-refractivity contribution < 1.29 is 9.90 Å². The molecule has 1 aliphatic heterocycles. The van der Waals surface area contributed by atoms with Gasteiger partial charge in [-0.15, -0.1) is 0 Å². The van der Waals surface area contributed by atoms with Crippen LogP contribution in [-0.4, -0.2) is 46.0 Å². The summed E-state index contributed by atoms with van der Waals surface area (Å²) in [6.45, 7) is 7.40. The van der Waals surface area contributed by atoms with Crippen LogP contribution in [0.25, 0.3) is 0 Å². The monoisotopic (exact) mass is 410 g/mol. The predicted molar refractivity (Wildman–Crippen MR) is 118 cm³/mol. The highest BCUT2D eigenvalue weighted by Gasteiger charge is 2.56. The fourth-order valence-corrected chi connectivity index (χ4v) is 8.82. The lowest BCUT2D eigenvalue weighted by molar-refractivity contribution is -0.174. The molecular formula is C26H38N2O2. The van der Waals surface area contributed by atoms with Crippen LogP contribution >= 0.6 is 0 Å². The molecule has 5 atom stereocenters. The van der Waals surface area contributed by atoms with Crippen LogP contribution in [0.15, 0.2) is 0 Å². The SMILES string of the molecule is CCc1c(C)[nH]c2c1C(=O)C1CN(CCC3C4CC5CC(C4)CC3(O)C5)CCC1C2. The molecule has 2 N–H and O–H groups in total. The number of ketones is 1. The summed E-state index contributed by atoms with van der Waals surface area (Å²) in [6.07, 6.45) is 10.5. The minimum absolute atomic E-state index is 0.174. The second kappa shape index (κ2) is 6.93. The van der Waals surface area contributed by atoms with Crippen LogP contribution in [0.3, 0.4) is 0 Å².